The van der Waals surface area contributed by atoms with Crippen LogP contribution in [0.5, 0.6) is 5.75 Å². The van der Waals surface area contributed by atoms with Gasteiger partial charge in [0.2, 0.25) is 0 Å². The van der Waals surface area contributed by atoms with Crippen molar-refractivity contribution in [1.82, 2.24) is 4.98 Å². The van der Waals surface area contributed by atoms with Crippen LogP contribution in [0.15, 0.2) is 28.6 Å². The molecular formula is C21H26BN3O4S2. The van der Waals surface area contributed by atoms with E-state index in [9.17, 15) is 14.7 Å². The lowest BCUT2D eigenvalue weighted by Gasteiger charge is -2.26. The molecule has 1 saturated carbocycles. The zero-order valence-electron chi connectivity index (χ0n) is 17.9. The minimum Gasteiger partial charge on any atom is -0.497 e. The summed E-state index contributed by atoms with van der Waals surface area (Å²) in [6, 6.07) is 5.02. The fourth-order valence-electron chi connectivity index (χ4n) is 3.44. The summed E-state index contributed by atoms with van der Waals surface area (Å²) in [7, 11) is 7.49. The summed E-state index contributed by atoms with van der Waals surface area (Å²) in [4.78, 5) is 30.5. The number of carbonyl (C=O) groups is 2. The Morgan fingerprint density at radius 1 is 1.39 bits per heavy atom. The van der Waals surface area contributed by atoms with E-state index in [0.29, 0.717) is 34.5 Å². The van der Waals surface area contributed by atoms with E-state index in [0.717, 1.165) is 17.1 Å². The lowest BCUT2D eigenvalue weighted by molar-refractivity contribution is -0.138. The molecule has 7 nitrogen and oxygen atoms in total. The van der Waals surface area contributed by atoms with Crippen LogP contribution in [-0.4, -0.2) is 48.3 Å². The number of carbonyl (C=O) groups excluding carboxylic acids is 1. The van der Waals surface area contributed by atoms with Gasteiger partial charge in [-0.2, -0.15) is 0 Å². The minimum absolute atomic E-state index is 0.290. The second kappa shape index (κ2) is 9.95. The number of thioether (sulfide) groups is 1. The van der Waals surface area contributed by atoms with Crippen molar-refractivity contribution in [2.75, 3.05) is 23.9 Å². The number of ether oxygens (including phenoxy) is 1. The smallest absolute Gasteiger partial charge is 0.328 e. The summed E-state index contributed by atoms with van der Waals surface area (Å²) < 4.78 is 5.07. The molecule has 1 heterocycles. The molecule has 0 atom stereocenters. The lowest BCUT2D eigenvalue weighted by Crippen LogP contribution is -2.38. The third kappa shape index (κ3) is 5.95. The topological polar surface area (TPSA) is 91.8 Å². The molecule has 2 amide bonds. The maximum absolute atomic E-state index is 13.2. The summed E-state index contributed by atoms with van der Waals surface area (Å²) in [5.41, 5.74) is 1.21. The molecule has 0 bridgehead atoms. The van der Waals surface area contributed by atoms with Gasteiger partial charge in [-0.1, -0.05) is 47.5 Å². The van der Waals surface area contributed by atoms with E-state index in [1.807, 2.05) is 6.07 Å². The SMILES string of the molecule is [B]c1ccc(N(CC2CCCC2)C(=O)Nc2ncc(SC(C)(C)C(=O)O)s2)cc1OC. The van der Waals surface area contributed by atoms with E-state index in [1.165, 1.54) is 35.9 Å². The number of aromatic nitrogens is 1. The van der Waals surface area contributed by atoms with Crippen molar-refractivity contribution < 1.29 is 19.4 Å². The van der Waals surface area contributed by atoms with Crippen LogP contribution in [0, 0.1) is 5.92 Å². The van der Waals surface area contributed by atoms with Crippen molar-refractivity contribution in [2.45, 2.75) is 48.5 Å². The Bertz CT molecular complexity index is 944. The summed E-state index contributed by atoms with van der Waals surface area (Å²) in [6.45, 7) is 3.86. The van der Waals surface area contributed by atoms with Gasteiger partial charge < -0.3 is 9.84 Å². The number of nitrogens with zero attached hydrogens (tertiary/aromatic N) is 2. The van der Waals surface area contributed by atoms with Crippen LogP contribution in [0.2, 0.25) is 0 Å². The number of carboxylic acids is 1. The molecule has 10 heteroatoms. The molecule has 0 unspecified atom stereocenters. The Morgan fingerprint density at radius 2 is 2.10 bits per heavy atom. The maximum Gasteiger partial charge on any atom is 0.328 e. The highest BCUT2D eigenvalue weighted by Crippen LogP contribution is 2.37. The number of hydrogen-bond acceptors (Lipinski definition) is 6. The van der Waals surface area contributed by atoms with Crippen molar-refractivity contribution in [2.24, 2.45) is 5.92 Å². The van der Waals surface area contributed by atoms with Crippen molar-refractivity contribution in [1.29, 1.82) is 0 Å². The fourth-order valence-corrected chi connectivity index (χ4v) is 5.71. The Morgan fingerprint density at radius 3 is 2.74 bits per heavy atom. The van der Waals surface area contributed by atoms with Crippen LogP contribution in [-0.2, 0) is 4.79 Å². The number of carboxylic acid groups (broad SMARTS) is 1. The second-order valence-electron chi connectivity index (χ2n) is 8.02. The van der Waals surface area contributed by atoms with Crippen LogP contribution in [0.4, 0.5) is 15.6 Å². The molecule has 2 N–H and O–H groups in total. The summed E-state index contributed by atoms with van der Waals surface area (Å²) >= 11 is 2.46. The summed E-state index contributed by atoms with van der Waals surface area (Å²) in [5.74, 6) is 0.0511. The number of hydrogen-bond donors (Lipinski definition) is 2. The normalized spacial score (nSPS) is 14.4. The first-order valence-electron chi connectivity index (χ1n) is 10.1. The average Bonchev–Trinajstić information content (AvgIpc) is 3.38. The molecule has 0 saturated heterocycles. The van der Waals surface area contributed by atoms with E-state index in [2.05, 4.69) is 10.3 Å². The maximum atomic E-state index is 13.2. The molecule has 2 aromatic rings. The third-order valence-corrected chi connectivity index (χ3v) is 7.46. The predicted molar refractivity (Wildman–Crippen MR) is 126 cm³/mol. The lowest BCUT2D eigenvalue weighted by atomic mass is 9.94. The largest absolute Gasteiger partial charge is 0.497 e. The Balaban J connectivity index is 1.78. The van der Waals surface area contributed by atoms with Crippen molar-refractivity contribution in [3.05, 3.63) is 24.4 Å². The zero-order valence-corrected chi connectivity index (χ0v) is 19.5. The van der Waals surface area contributed by atoms with Gasteiger partial charge in [-0.05, 0) is 38.7 Å². The number of benzene rings is 1. The second-order valence-corrected chi connectivity index (χ2v) is 11.0. The van der Waals surface area contributed by atoms with Gasteiger partial charge in [0.1, 0.15) is 18.3 Å². The molecule has 1 aromatic carbocycles. The number of anilines is 2. The standard InChI is InChI=1S/C21H26BN3O4S2/c1-21(2,18(26)27)31-17-11-23-19(30-17)24-20(28)25(12-13-6-4-5-7-13)14-8-9-15(22)16(10-14)29-3/h8-11,13H,4-7,12H2,1-3H3,(H,26,27)(H,23,24,28). The van der Waals surface area contributed by atoms with Crippen LogP contribution in [0.25, 0.3) is 0 Å². The molecule has 164 valence electrons. The Hall–Kier alpha value is -2.20. The van der Waals surface area contributed by atoms with Gasteiger partial charge in [0, 0.05) is 18.3 Å². The molecular weight excluding hydrogens is 433 g/mol. The number of amides is 2. The molecule has 0 aliphatic heterocycles. The number of urea groups is 1. The summed E-state index contributed by atoms with van der Waals surface area (Å²) in [5, 5.41) is 12.6. The van der Waals surface area contributed by atoms with Gasteiger partial charge in [0.25, 0.3) is 0 Å². The van der Waals surface area contributed by atoms with Gasteiger partial charge in [0.05, 0.1) is 17.5 Å². The van der Waals surface area contributed by atoms with Gasteiger partial charge in [-0.3, -0.25) is 15.0 Å². The van der Waals surface area contributed by atoms with Gasteiger partial charge in [0.15, 0.2) is 5.13 Å². The van der Waals surface area contributed by atoms with Crippen molar-refractivity contribution in [3.63, 3.8) is 0 Å². The van der Waals surface area contributed by atoms with Gasteiger partial charge in [-0.25, -0.2) is 9.78 Å². The van der Waals surface area contributed by atoms with Crippen molar-refractivity contribution in [3.8, 4) is 5.75 Å². The molecule has 2 radical (unpaired) electrons. The zero-order chi connectivity index (χ0) is 22.6. The number of thiazole rings is 1. The average molecular weight is 459 g/mol. The van der Waals surface area contributed by atoms with E-state index in [-0.39, 0.29) is 6.03 Å². The highest BCUT2D eigenvalue weighted by Gasteiger charge is 2.30. The molecule has 1 aromatic heterocycles. The first kappa shape index (κ1) is 23.5. The highest BCUT2D eigenvalue weighted by atomic mass is 32.2. The number of aliphatic carboxylic acids is 1. The van der Waals surface area contributed by atoms with Crippen LogP contribution in [0.1, 0.15) is 39.5 Å². The third-order valence-electron chi connectivity index (χ3n) is 5.26. The molecule has 0 spiro atoms. The Kier molecular flexibility index (Phi) is 7.53. The minimum atomic E-state index is -0.983. The monoisotopic (exact) mass is 459 g/mol. The van der Waals surface area contributed by atoms with Gasteiger partial charge in [-0.15, -0.1) is 0 Å². The number of nitrogens with one attached hydrogen (secondary N) is 1. The van der Waals surface area contributed by atoms with E-state index in [4.69, 9.17) is 12.6 Å². The Labute approximate surface area is 192 Å². The van der Waals surface area contributed by atoms with Crippen molar-refractivity contribution >= 4 is 59.2 Å². The molecule has 3 rings (SSSR count). The molecule has 1 fully saturated rings. The quantitative estimate of drug-likeness (QED) is 0.456. The van der Waals surface area contributed by atoms with Crippen LogP contribution >= 0.6 is 23.1 Å². The first-order chi connectivity index (χ1) is 14.7. The molecule has 1 aliphatic rings. The first-order valence-corrected chi connectivity index (χ1v) is 11.7. The number of methoxy groups -OCH3 is 1. The molecule has 1 aliphatic carbocycles. The van der Waals surface area contributed by atoms with Crippen LogP contribution < -0.4 is 20.4 Å². The van der Waals surface area contributed by atoms with Crippen LogP contribution in [0.3, 0.4) is 0 Å². The highest BCUT2D eigenvalue weighted by molar-refractivity contribution is 8.03. The van der Waals surface area contributed by atoms with E-state index in [1.54, 1.807) is 44.2 Å². The van der Waals surface area contributed by atoms with E-state index >= 15 is 0 Å². The number of rotatable bonds is 8. The van der Waals surface area contributed by atoms with Gasteiger partial charge >= 0.3 is 12.0 Å². The van der Waals surface area contributed by atoms with E-state index < -0.39 is 10.7 Å². The summed E-state index contributed by atoms with van der Waals surface area (Å²) in [6.07, 6.45) is 6.13. The molecule has 31 heavy (non-hydrogen) atoms. The fraction of sp³-hybridized carbons (Fsp3) is 0.476. The predicted octanol–water partition coefficient (Wildman–Crippen LogP) is 4.13.